The number of aryl methyl sites for hydroxylation is 1. The van der Waals surface area contributed by atoms with E-state index in [4.69, 9.17) is 0 Å². The zero-order chi connectivity index (χ0) is 13.8. The van der Waals surface area contributed by atoms with Crippen molar-refractivity contribution in [1.29, 1.82) is 0 Å². The average Bonchev–Trinajstić information content (AvgIpc) is 3.16. The molecule has 100 valence electrons. The largest absolute Gasteiger partial charge is 0.306 e. The second-order valence-electron chi connectivity index (χ2n) is 4.97. The number of nitrogens with one attached hydrogen (secondary N) is 1. The predicted octanol–water partition coefficient (Wildman–Crippen LogP) is -0.153. The minimum Gasteiger partial charge on any atom is -0.306 e. The van der Waals surface area contributed by atoms with Crippen LogP contribution in [0.25, 0.3) is 10.8 Å². The number of fused-ring (bicyclic) bond motifs is 1. The Balaban J connectivity index is 2.42. The molecule has 3 rings (SSSR count). The van der Waals surface area contributed by atoms with Gasteiger partial charge in [-0.15, -0.1) is 0 Å². The number of hydrogen-bond donors (Lipinski definition) is 1. The van der Waals surface area contributed by atoms with Crippen molar-refractivity contribution in [1.82, 2.24) is 14.3 Å². The molecular weight excluding hydrogens is 253 g/mol. The van der Waals surface area contributed by atoms with Gasteiger partial charge in [0, 0.05) is 19.3 Å². The van der Waals surface area contributed by atoms with Gasteiger partial charge in [0.05, 0.1) is 16.3 Å². The summed E-state index contributed by atoms with van der Waals surface area (Å²) in [7, 11) is 1.40. The summed E-state index contributed by atoms with van der Waals surface area (Å²) in [6, 6.07) is 1.11. The Kier molecular flexibility index (Phi) is 2.29. The van der Waals surface area contributed by atoms with Crippen LogP contribution in [0.1, 0.15) is 12.8 Å². The van der Waals surface area contributed by atoms with Crippen LogP contribution in [-0.4, -0.2) is 21.0 Å². The smallest absolute Gasteiger partial charge is 0.273 e. The molecule has 0 radical (unpaired) electrons. The van der Waals surface area contributed by atoms with E-state index in [1.165, 1.54) is 17.8 Å². The molecule has 1 saturated carbocycles. The maximum absolute atomic E-state index is 13.0. The number of aromatic nitrogens is 3. The molecule has 0 atom stereocenters. The fourth-order valence-corrected chi connectivity index (χ4v) is 2.29. The molecule has 1 aliphatic carbocycles. The van der Waals surface area contributed by atoms with Crippen molar-refractivity contribution in [2.24, 2.45) is 7.05 Å². The quantitative estimate of drug-likeness (QED) is 0.820. The van der Waals surface area contributed by atoms with E-state index >= 15 is 0 Å². The Labute approximate surface area is 106 Å². The average molecular weight is 265 g/mol. The first-order valence-electron chi connectivity index (χ1n) is 5.91. The zero-order valence-electron chi connectivity index (χ0n) is 10.3. The third kappa shape index (κ3) is 1.57. The standard InChI is InChI=1S/C12H12FN3O3/c1-15-11(19)7-4-9(17)16(12(6-13)2-3-12)5-8(7)10(18)14-15/h4-5H,2-3,6H2,1H3,(H,14,18). The molecule has 2 aromatic heterocycles. The van der Waals surface area contributed by atoms with E-state index < -0.39 is 28.9 Å². The lowest BCUT2D eigenvalue weighted by molar-refractivity contribution is 0.330. The molecule has 6 nitrogen and oxygen atoms in total. The molecule has 7 heteroatoms. The fourth-order valence-electron chi connectivity index (χ4n) is 2.29. The van der Waals surface area contributed by atoms with Gasteiger partial charge in [-0.2, -0.15) is 0 Å². The predicted molar refractivity (Wildman–Crippen MR) is 67.3 cm³/mol. The summed E-state index contributed by atoms with van der Waals surface area (Å²) >= 11 is 0. The first kappa shape index (κ1) is 11.9. The summed E-state index contributed by atoms with van der Waals surface area (Å²) in [5.41, 5.74) is -2.20. The van der Waals surface area contributed by atoms with Gasteiger partial charge in [-0.05, 0) is 12.8 Å². The highest BCUT2D eigenvalue weighted by atomic mass is 19.1. The summed E-state index contributed by atoms with van der Waals surface area (Å²) in [6.07, 6.45) is 2.43. The normalized spacial score (nSPS) is 16.7. The molecule has 19 heavy (non-hydrogen) atoms. The van der Waals surface area contributed by atoms with Gasteiger partial charge in [-0.1, -0.05) is 0 Å². The Morgan fingerprint density at radius 2 is 2.00 bits per heavy atom. The summed E-state index contributed by atoms with van der Waals surface area (Å²) in [5, 5.41) is 2.53. The number of pyridine rings is 1. The van der Waals surface area contributed by atoms with Crippen molar-refractivity contribution in [2.75, 3.05) is 6.67 Å². The van der Waals surface area contributed by atoms with Gasteiger partial charge >= 0.3 is 0 Å². The van der Waals surface area contributed by atoms with Gasteiger partial charge in [0.15, 0.2) is 0 Å². The summed E-state index contributed by atoms with van der Waals surface area (Å²) in [6.45, 7) is -0.652. The van der Waals surface area contributed by atoms with Crippen molar-refractivity contribution in [3.63, 3.8) is 0 Å². The fraction of sp³-hybridized carbons (Fsp3) is 0.417. The molecule has 1 N–H and O–H groups in total. The Morgan fingerprint density at radius 1 is 1.32 bits per heavy atom. The first-order valence-corrected chi connectivity index (χ1v) is 5.91. The van der Waals surface area contributed by atoms with E-state index in [1.54, 1.807) is 0 Å². The molecule has 1 fully saturated rings. The van der Waals surface area contributed by atoms with Crippen molar-refractivity contribution in [2.45, 2.75) is 18.4 Å². The van der Waals surface area contributed by atoms with Crippen LogP contribution in [0.4, 0.5) is 4.39 Å². The molecule has 2 heterocycles. The van der Waals surface area contributed by atoms with E-state index in [0.717, 1.165) is 10.7 Å². The number of rotatable bonds is 2. The zero-order valence-corrected chi connectivity index (χ0v) is 10.3. The minimum atomic E-state index is -0.821. The lowest BCUT2D eigenvalue weighted by Gasteiger charge is -2.15. The van der Waals surface area contributed by atoms with Crippen molar-refractivity contribution in [3.8, 4) is 0 Å². The molecule has 0 bridgehead atoms. The monoisotopic (exact) mass is 265 g/mol. The summed E-state index contributed by atoms with van der Waals surface area (Å²) in [4.78, 5) is 35.7. The number of nitrogens with zero attached hydrogens (tertiary/aromatic N) is 2. The van der Waals surface area contributed by atoms with Crippen LogP contribution in [0.2, 0.25) is 0 Å². The highest BCUT2D eigenvalue weighted by Crippen LogP contribution is 2.42. The van der Waals surface area contributed by atoms with Crippen LogP contribution >= 0.6 is 0 Å². The number of alkyl halides is 1. The van der Waals surface area contributed by atoms with Gasteiger partial charge < -0.3 is 4.57 Å². The van der Waals surface area contributed by atoms with Gasteiger partial charge in [0.2, 0.25) is 0 Å². The Morgan fingerprint density at radius 3 is 2.58 bits per heavy atom. The molecule has 2 aromatic rings. The van der Waals surface area contributed by atoms with Crippen LogP contribution in [0, 0.1) is 0 Å². The van der Waals surface area contributed by atoms with Gasteiger partial charge in [-0.3, -0.25) is 24.2 Å². The van der Waals surface area contributed by atoms with E-state index in [1.807, 2.05) is 0 Å². The highest BCUT2D eigenvalue weighted by Gasteiger charge is 2.45. The molecule has 0 unspecified atom stereocenters. The maximum atomic E-state index is 13.0. The number of halogens is 1. The second kappa shape index (κ2) is 3.66. The topological polar surface area (TPSA) is 76.9 Å². The molecule has 0 spiro atoms. The first-order chi connectivity index (χ1) is 8.98. The molecule has 0 aliphatic heterocycles. The van der Waals surface area contributed by atoms with Crippen molar-refractivity contribution >= 4 is 10.8 Å². The van der Waals surface area contributed by atoms with E-state index in [9.17, 15) is 18.8 Å². The van der Waals surface area contributed by atoms with E-state index in [2.05, 4.69) is 5.10 Å². The molecule has 0 aromatic carbocycles. The number of aromatic amines is 1. The second-order valence-corrected chi connectivity index (χ2v) is 4.97. The van der Waals surface area contributed by atoms with Crippen LogP contribution < -0.4 is 16.7 Å². The van der Waals surface area contributed by atoms with E-state index in [0.29, 0.717) is 12.8 Å². The van der Waals surface area contributed by atoms with Crippen LogP contribution in [0.15, 0.2) is 26.6 Å². The lowest BCUT2D eigenvalue weighted by atomic mass is 10.2. The molecule has 0 saturated heterocycles. The van der Waals surface area contributed by atoms with Gasteiger partial charge in [0.1, 0.15) is 6.67 Å². The Bertz CT molecular complexity index is 842. The van der Waals surface area contributed by atoms with Crippen LogP contribution in [0.5, 0.6) is 0 Å². The van der Waals surface area contributed by atoms with Crippen molar-refractivity contribution in [3.05, 3.63) is 43.3 Å². The van der Waals surface area contributed by atoms with Crippen molar-refractivity contribution < 1.29 is 4.39 Å². The van der Waals surface area contributed by atoms with Gasteiger partial charge in [-0.25, -0.2) is 4.39 Å². The summed E-state index contributed by atoms with van der Waals surface area (Å²) < 4.78 is 15.3. The molecule has 0 amide bonds. The minimum absolute atomic E-state index is 0.0576. The Hall–Kier alpha value is -2.18. The lowest BCUT2D eigenvalue weighted by Crippen LogP contribution is -2.35. The third-order valence-electron chi connectivity index (χ3n) is 3.69. The highest BCUT2D eigenvalue weighted by molar-refractivity contribution is 5.79. The van der Waals surface area contributed by atoms with Gasteiger partial charge in [0.25, 0.3) is 16.7 Å². The number of hydrogen-bond acceptors (Lipinski definition) is 3. The summed E-state index contributed by atoms with van der Waals surface area (Å²) in [5.74, 6) is 0. The van der Waals surface area contributed by atoms with Crippen LogP contribution in [-0.2, 0) is 12.6 Å². The molecular formula is C12H12FN3O3. The number of H-pyrrole nitrogens is 1. The third-order valence-corrected chi connectivity index (χ3v) is 3.69. The SMILES string of the molecule is Cn1[nH]c(=O)c2cn(C3(CF)CC3)c(=O)cc2c1=O. The maximum Gasteiger partial charge on any atom is 0.273 e. The van der Waals surface area contributed by atoms with E-state index in [-0.39, 0.29) is 10.8 Å². The molecule has 1 aliphatic rings. The van der Waals surface area contributed by atoms with Crippen LogP contribution in [0.3, 0.4) is 0 Å².